The number of benzene rings is 2. The first-order chi connectivity index (χ1) is 13.9. The van der Waals surface area contributed by atoms with Crippen molar-refractivity contribution in [3.05, 3.63) is 65.7 Å². The van der Waals surface area contributed by atoms with Crippen molar-refractivity contribution in [2.75, 3.05) is 5.32 Å². The Bertz CT molecular complexity index is 1200. The second-order valence-corrected chi connectivity index (χ2v) is 7.05. The summed E-state index contributed by atoms with van der Waals surface area (Å²) < 4.78 is 60.1. The smallest absolute Gasteiger partial charge is 0.226 e. The Labute approximate surface area is 165 Å². The molecule has 0 aliphatic heterocycles. The van der Waals surface area contributed by atoms with Crippen molar-refractivity contribution in [2.45, 2.75) is 12.8 Å². The van der Waals surface area contributed by atoms with Gasteiger partial charge < -0.3 is 9.73 Å². The highest BCUT2D eigenvalue weighted by atomic mass is 32.1. The molecule has 0 unspecified atom stereocenters. The molecule has 148 valence electrons. The van der Waals surface area contributed by atoms with Gasteiger partial charge in [0.25, 0.3) is 0 Å². The van der Waals surface area contributed by atoms with Crippen LogP contribution in [-0.4, -0.2) is 15.9 Å². The lowest BCUT2D eigenvalue weighted by Crippen LogP contribution is -2.12. The molecule has 0 aliphatic carbocycles. The van der Waals surface area contributed by atoms with E-state index in [9.17, 15) is 22.4 Å². The van der Waals surface area contributed by atoms with Gasteiger partial charge in [-0.25, -0.2) is 27.5 Å². The molecule has 0 aliphatic rings. The Morgan fingerprint density at radius 3 is 2.62 bits per heavy atom. The largest absolute Gasteiger partial charge is 0.441 e. The van der Waals surface area contributed by atoms with Crippen molar-refractivity contribution in [1.82, 2.24) is 9.97 Å². The number of aryl methyl sites for hydroxylation is 1. The number of thiazole rings is 1. The summed E-state index contributed by atoms with van der Waals surface area (Å²) in [7, 11) is 0. The molecule has 4 aromatic rings. The fourth-order valence-electron chi connectivity index (χ4n) is 2.69. The normalized spacial score (nSPS) is 11.2. The Morgan fingerprint density at radius 2 is 1.86 bits per heavy atom. The van der Waals surface area contributed by atoms with Gasteiger partial charge in [-0.2, -0.15) is 0 Å². The van der Waals surface area contributed by atoms with Crippen LogP contribution in [0.4, 0.5) is 22.7 Å². The SMILES string of the molecule is O=C(CCc1ncc(-c2c(F)cccc2F)o1)Nc1nc2c(F)cc(F)cc2s1. The number of hydrogen-bond acceptors (Lipinski definition) is 5. The fraction of sp³-hybridized carbons (Fsp3) is 0.105. The topological polar surface area (TPSA) is 68.0 Å². The third-order valence-electron chi connectivity index (χ3n) is 3.99. The van der Waals surface area contributed by atoms with Crippen LogP contribution in [0.25, 0.3) is 21.5 Å². The van der Waals surface area contributed by atoms with E-state index in [0.29, 0.717) is 6.07 Å². The number of amides is 1. The molecule has 0 fully saturated rings. The number of halogens is 4. The van der Waals surface area contributed by atoms with Crippen molar-refractivity contribution in [1.29, 1.82) is 0 Å². The van der Waals surface area contributed by atoms with Crippen molar-refractivity contribution >= 4 is 32.6 Å². The van der Waals surface area contributed by atoms with Crippen LogP contribution in [0, 0.1) is 23.3 Å². The van der Waals surface area contributed by atoms with Gasteiger partial charge in [-0.15, -0.1) is 0 Å². The molecule has 1 N–H and O–H groups in total. The predicted molar refractivity (Wildman–Crippen MR) is 98.3 cm³/mol. The highest BCUT2D eigenvalue weighted by Gasteiger charge is 2.17. The van der Waals surface area contributed by atoms with Gasteiger partial charge in [-0.05, 0) is 18.2 Å². The molecule has 2 aromatic carbocycles. The maximum Gasteiger partial charge on any atom is 0.226 e. The van der Waals surface area contributed by atoms with Crippen LogP contribution >= 0.6 is 11.3 Å². The average molecular weight is 421 g/mol. The summed E-state index contributed by atoms with van der Waals surface area (Å²) in [6, 6.07) is 5.27. The first-order valence-electron chi connectivity index (χ1n) is 8.35. The van der Waals surface area contributed by atoms with Crippen LogP contribution < -0.4 is 5.32 Å². The van der Waals surface area contributed by atoms with Crippen molar-refractivity contribution in [3.63, 3.8) is 0 Å². The zero-order valence-corrected chi connectivity index (χ0v) is 15.3. The second kappa shape index (κ2) is 7.63. The van der Waals surface area contributed by atoms with Crippen LogP contribution in [0.1, 0.15) is 12.3 Å². The zero-order valence-electron chi connectivity index (χ0n) is 14.5. The minimum Gasteiger partial charge on any atom is -0.441 e. The molecular formula is C19H11F4N3O2S. The van der Waals surface area contributed by atoms with Gasteiger partial charge in [-0.3, -0.25) is 4.79 Å². The van der Waals surface area contributed by atoms with E-state index >= 15 is 0 Å². The molecule has 4 rings (SSSR count). The zero-order chi connectivity index (χ0) is 20.5. The number of anilines is 1. The Hall–Kier alpha value is -3.27. The van der Waals surface area contributed by atoms with Crippen LogP contribution in [0.15, 0.2) is 40.9 Å². The summed E-state index contributed by atoms with van der Waals surface area (Å²) in [5.74, 6) is -3.54. The Balaban J connectivity index is 1.42. The van der Waals surface area contributed by atoms with E-state index in [2.05, 4.69) is 15.3 Å². The second-order valence-electron chi connectivity index (χ2n) is 6.02. The van der Waals surface area contributed by atoms with E-state index in [1.807, 2.05) is 0 Å². The minimum absolute atomic E-state index is 0.0315. The molecule has 5 nitrogen and oxygen atoms in total. The fourth-order valence-corrected chi connectivity index (χ4v) is 3.61. The monoisotopic (exact) mass is 421 g/mol. The van der Waals surface area contributed by atoms with Crippen LogP contribution in [0.5, 0.6) is 0 Å². The molecular weight excluding hydrogens is 410 g/mol. The van der Waals surface area contributed by atoms with Gasteiger partial charge in [0.1, 0.15) is 23.0 Å². The first kappa shape index (κ1) is 19.1. The van der Waals surface area contributed by atoms with E-state index in [0.717, 1.165) is 29.5 Å². The molecule has 10 heteroatoms. The molecule has 1 amide bonds. The van der Waals surface area contributed by atoms with E-state index in [1.165, 1.54) is 12.3 Å². The van der Waals surface area contributed by atoms with Crippen molar-refractivity contribution in [2.24, 2.45) is 0 Å². The molecule has 0 atom stereocenters. The van der Waals surface area contributed by atoms with E-state index in [1.54, 1.807) is 0 Å². The van der Waals surface area contributed by atoms with Gasteiger partial charge >= 0.3 is 0 Å². The van der Waals surface area contributed by atoms with Crippen LogP contribution in [0.2, 0.25) is 0 Å². The van der Waals surface area contributed by atoms with Crippen molar-refractivity contribution in [3.8, 4) is 11.3 Å². The average Bonchev–Trinajstić information content (AvgIpc) is 3.27. The van der Waals surface area contributed by atoms with Gasteiger partial charge in [0.15, 0.2) is 22.6 Å². The summed E-state index contributed by atoms with van der Waals surface area (Å²) >= 11 is 0.935. The summed E-state index contributed by atoms with van der Waals surface area (Å²) in [6.07, 6.45) is 1.18. The minimum atomic E-state index is -0.815. The summed E-state index contributed by atoms with van der Waals surface area (Å²) in [5.41, 5.74) is -0.365. The predicted octanol–water partition coefficient (Wildman–Crippen LogP) is 5.08. The number of aromatic nitrogens is 2. The third-order valence-corrected chi connectivity index (χ3v) is 4.91. The quantitative estimate of drug-likeness (QED) is 0.457. The Kier molecular flexibility index (Phi) is 5.01. The third kappa shape index (κ3) is 3.97. The highest BCUT2D eigenvalue weighted by molar-refractivity contribution is 7.22. The van der Waals surface area contributed by atoms with Crippen LogP contribution in [-0.2, 0) is 11.2 Å². The molecule has 0 radical (unpaired) electrons. The van der Waals surface area contributed by atoms with Gasteiger partial charge in [0.05, 0.1) is 16.5 Å². The Morgan fingerprint density at radius 1 is 1.10 bits per heavy atom. The molecule has 0 bridgehead atoms. The lowest BCUT2D eigenvalue weighted by molar-refractivity contribution is -0.116. The van der Waals surface area contributed by atoms with Crippen LogP contribution in [0.3, 0.4) is 0 Å². The number of fused-ring (bicyclic) bond motifs is 1. The van der Waals surface area contributed by atoms with Gasteiger partial charge in [0.2, 0.25) is 5.91 Å². The molecule has 29 heavy (non-hydrogen) atoms. The van der Waals surface area contributed by atoms with E-state index in [4.69, 9.17) is 4.42 Å². The maximum atomic E-state index is 13.8. The van der Waals surface area contributed by atoms with E-state index in [-0.39, 0.29) is 45.4 Å². The van der Waals surface area contributed by atoms with Gasteiger partial charge in [-0.1, -0.05) is 17.4 Å². The number of hydrogen-bond donors (Lipinski definition) is 1. The van der Waals surface area contributed by atoms with Gasteiger partial charge in [0, 0.05) is 18.9 Å². The first-order valence-corrected chi connectivity index (χ1v) is 9.17. The number of carbonyl (C=O) groups excluding carboxylic acids is 1. The molecule has 0 spiro atoms. The molecule has 0 saturated heterocycles. The molecule has 0 saturated carbocycles. The van der Waals surface area contributed by atoms with Crippen molar-refractivity contribution < 1.29 is 26.8 Å². The number of nitrogens with one attached hydrogen (secondary N) is 1. The number of carbonyl (C=O) groups is 1. The molecule has 2 heterocycles. The number of nitrogens with zero attached hydrogens (tertiary/aromatic N) is 2. The highest BCUT2D eigenvalue weighted by Crippen LogP contribution is 2.29. The number of oxazole rings is 1. The number of rotatable bonds is 5. The molecule has 2 aromatic heterocycles. The summed E-state index contributed by atoms with van der Waals surface area (Å²) in [6.45, 7) is 0. The maximum absolute atomic E-state index is 13.8. The van der Waals surface area contributed by atoms with E-state index < -0.39 is 29.2 Å². The summed E-state index contributed by atoms with van der Waals surface area (Å²) in [4.78, 5) is 20.0. The standard InChI is InChI=1S/C19H11F4N3O2S/c20-9-6-12(23)18-14(7-9)29-19(26-18)25-15(27)4-5-16-24-8-13(28-16)17-10(21)2-1-3-11(17)22/h1-3,6-8H,4-5H2,(H,25,26,27). The summed E-state index contributed by atoms with van der Waals surface area (Å²) in [5, 5.41) is 2.62. The lowest BCUT2D eigenvalue weighted by atomic mass is 10.1. The lowest BCUT2D eigenvalue weighted by Gasteiger charge is -2.01.